The quantitative estimate of drug-likeness (QED) is 0.798. The van der Waals surface area contributed by atoms with Crippen LogP contribution in [0.1, 0.15) is 24.8 Å². The van der Waals surface area contributed by atoms with Gasteiger partial charge in [-0.2, -0.15) is 0 Å². The molecule has 5 nitrogen and oxygen atoms in total. The first-order valence-electron chi connectivity index (χ1n) is 6.58. The van der Waals surface area contributed by atoms with Crippen molar-refractivity contribution >= 4 is 23.6 Å². The summed E-state index contributed by atoms with van der Waals surface area (Å²) < 4.78 is 0. The highest BCUT2D eigenvalue weighted by molar-refractivity contribution is 6.30. The minimum atomic E-state index is -0.845. The fourth-order valence-corrected chi connectivity index (χ4v) is 2.69. The number of carboxylic acid groups (broad SMARTS) is 1. The van der Waals surface area contributed by atoms with Crippen molar-refractivity contribution in [3.05, 3.63) is 34.9 Å². The highest BCUT2D eigenvalue weighted by atomic mass is 35.5. The van der Waals surface area contributed by atoms with E-state index in [1.54, 1.807) is 12.1 Å². The Bertz CT molecular complexity index is 507. The molecule has 2 amide bonds. The highest BCUT2D eigenvalue weighted by Crippen LogP contribution is 2.25. The van der Waals surface area contributed by atoms with Gasteiger partial charge in [-0.1, -0.05) is 30.2 Å². The van der Waals surface area contributed by atoms with Gasteiger partial charge in [-0.15, -0.1) is 0 Å². The van der Waals surface area contributed by atoms with Crippen LogP contribution in [0.15, 0.2) is 24.3 Å². The second-order valence-corrected chi connectivity index (χ2v) is 5.38. The fraction of sp³-hybridized carbons (Fsp3) is 0.429. The van der Waals surface area contributed by atoms with Crippen LogP contribution in [0.2, 0.25) is 5.02 Å². The molecule has 6 heteroatoms. The van der Waals surface area contributed by atoms with Gasteiger partial charge in [-0.05, 0) is 30.5 Å². The summed E-state index contributed by atoms with van der Waals surface area (Å²) >= 11 is 5.86. The Kier molecular flexibility index (Phi) is 4.84. The first-order chi connectivity index (χ1) is 9.56. The van der Waals surface area contributed by atoms with Crippen molar-refractivity contribution < 1.29 is 14.7 Å². The molecule has 1 aliphatic carbocycles. The van der Waals surface area contributed by atoms with Crippen LogP contribution in [-0.4, -0.2) is 23.1 Å². The van der Waals surface area contributed by atoms with Crippen LogP contribution in [0, 0.1) is 5.92 Å². The second kappa shape index (κ2) is 6.61. The van der Waals surface area contributed by atoms with Gasteiger partial charge in [0, 0.05) is 17.6 Å². The Morgan fingerprint density at radius 1 is 1.35 bits per heavy atom. The number of carbonyl (C=O) groups excluding carboxylic acids is 1. The lowest BCUT2D eigenvalue weighted by molar-refractivity contribution is -0.142. The minimum absolute atomic E-state index is 0.285. The molecule has 0 aliphatic heterocycles. The van der Waals surface area contributed by atoms with E-state index in [0.29, 0.717) is 24.4 Å². The summed E-state index contributed by atoms with van der Waals surface area (Å²) in [6.45, 7) is 0.358. The number of urea groups is 1. The SMILES string of the molecule is O=C(NCc1cccc(Cl)c1)NC1CCCC1C(=O)O. The van der Waals surface area contributed by atoms with E-state index in [-0.39, 0.29) is 12.1 Å². The number of carbonyl (C=O) groups is 2. The number of aliphatic carboxylic acids is 1. The van der Waals surface area contributed by atoms with E-state index < -0.39 is 11.9 Å². The first-order valence-corrected chi connectivity index (χ1v) is 6.95. The van der Waals surface area contributed by atoms with Crippen molar-refractivity contribution in [2.24, 2.45) is 5.92 Å². The van der Waals surface area contributed by atoms with Gasteiger partial charge in [-0.25, -0.2) is 4.79 Å². The maximum absolute atomic E-state index is 11.8. The summed E-state index contributed by atoms with van der Waals surface area (Å²) in [5.74, 6) is -1.32. The number of hydrogen-bond acceptors (Lipinski definition) is 2. The molecule has 108 valence electrons. The van der Waals surface area contributed by atoms with Crippen molar-refractivity contribution in [3.63, 3.8) is 0 Å². The fourth-order valence-electron chi connectivity index (χ4n) is 2.48. The Hall–Kier alpha value is -1.75. The summed E-state index contributed by atoms with van der Waals surface area (Å²) in [5.41, 5.74) is 0.897. The Labute approximate surface area is 122 Å². The lowest BCUT2D eigenvalue weighted by atomic mass is 10.0. The lowest BCUT2D eigenvalue weighted by Crippen LogP contribution is -2.45. The van der Waals surface area contributed by atoms with E-state index in [4.69, 9.17) is 16.7 Å². The molecular formula is C14H17ClN2O3. The van der Waals surface area contributed by atoms with Gasteiger partial charge in [0.2, 0.25) is 0 Å². The van der Waals surface area contributed by atoms with Crippen molar-refractivity contribution in [1.82, 2.24) is 10.6 Å². The topological polar surface area (TPSA) is 78.4 Å². The number of benzene rings is 1. The molecule has 2 atom stereocenters. The number of hydrogen-bond donors (Lipinski definition) is 3. The lowest BCUT2D eigenvalue weighted by Gasteiger charge is -2.18. The van der Waals surface area contributed by atoms with Gasteiger partial charge in [-0.3, -0.25) is 4.79 Å². The van der Waals surface area contributed by atoms with E-state index in [2.05, 4.69) is 10.6 Å². The second-order valence-electron chi connectivity index (χ2n) is 4.94. The molecule has 0 saturated heterocycles. The van der Waals surface area contributed by atoms with Crippen molar-refractivity contribution in [3.8, 4) is 0 Å². The number of rotatable bonds is 4. The average Bonchev–Trinajstić information content (AvgIpc) is 2.85. The van der Waals surface area contributed by atoms with Gasteiger partial charge < -0.3 is 15.7 Å². The monoisotopic (exact) mass is 296 g/mol. The number of amides is 2. The molecule has 2 rings (SSSR count). The molecule has 0 bridgehead atoms. The molecule has 0 radical (unpaired) electrons. The van der Waals surface area contributed by atoms with Crippen LogP contribution in [0.25, 0.3) is 0 Å². The van der Waals surface area contributed by atoms with E-state index in [1.165, 1.54) is 0 Å². The standard InChI is InChI=1S/C14H17ClN2O3/c15-10-4-1-3-9(7-10)8-16-14(20)17-12-6-2-5-11(12)13(18)19/h1,3-4,7,11-12H,2,5-6,8H2,(H,18,19)(H2,16,17,20). The van der Waals surface area contributed by atoms with Crippen LogP contribution >= 0.6 is 11.6 Å². The smallest absolute Gasteiger partial charge is 0.315 e. The third-order valence-corrected chi connectivity index (χ3v) is 3.73. The average molecular weight is 297 g/mol. The highest BCUT2D eigenvalue weighted by Gasteiger charge is 2.33. The van der Waals surface area contributed by atoms with Gasteiger partial charge in [0.1, 0.15) is 0 Å². The summed E-state index contributed by atoms with van der Waals surface area (Å²) in [5, 5.41) is 15.1. The van der Waals surface area contributed by atoms with Crippen LogP contribution < -0.4 is 10.6 Å². The summed E-state index contributed by atoms with van der Waals surface area (Å²) in [7, 11) is 0. The third kappa shape index (κ3) is 3.87. The third-order valence-electron chi connectivity index (χ3n) is 3.49. The zero-order valence-electron chi connectivity index (χ0n) is 10.9. The van der Waals surface area contributed by atoms with Gasteiger partial charge in [0.15, 0.2) is 0 Å². The Morgan fingerprint density at radius 3 is 2.85 bits per heavy atom. The minimum Gasteiger partial charge on any atom is -0.481 e. The summed E-state index contributed by atoms with van der Waals surface area (Å²) in [6, 6.07) is 6.59. The van der Waals surface area contributed by atoms with E-state index in [0.717, 1.165) is 12.0 Å². The van der Waals surface area contributed by atoms with Crippen LogP contribution in [-0.2, 0) is 11.3 Å². The van der Waals surface area contributed by atoms with E-state index in [9.17, 15) is 9.59 Å². The Morgan fingerprint density at radius 2 is 2.15 bits per heavy atom. The zero-order valence-corrected chi connectivity index (χ0v) is 11.7. The zero-order chi connectivity index (χ0) is 14.5. The molecule has 1 saturated carbocycles. The molecule has 1 aromatic carbocycles. The van der Waals surface area contributed by atoms with Crippen LogP contribution in [0.4, 0.5) is 4.79 Å². The summed E-state index contributed by atoms with van der Waals surface area (Å²) in [4.78, 5) is 22.8. The van der Waals surface area contributed by atoms with Crippen LogP contribution in [0.3, 0.4) is 0 Å². The molecule has 2 unspecified atom stereocenters. The largest absolute Gasteiger partial charge is 0.481 e. The molecule has 1 fully saturated rings. The number of halogens is 1. The van der Waals surface area contributed by atoms with E-state index >= 15 is 0 Å². The van der Waals surface area contributed by atoms with Crippen molar-refractivity contribution in [1.29, 1.82) is 0 Å². The Balaban J connectivity index is 1.82. The molecule has 1 aromatic rings. The maximum atomic E-state index is 11.8. The first kappa shape index (κ1) is 14.7. The molecule has 20 heavy (non-hydrogen) atoms. The molecule has 0 spiro atoms. The molecule has 0 heterocycles. The molecule has 3 N–H and O–H groups in total. The number of nitrogens with one attached hydrogen (secondary N) is 2. The van der Waals surface area contributed by atoms with Gasteiger partial charge in [0.25, 0.3) is 0 Å². The number of carboxylic acids is 1. The predicted octanol–water partition coefficient (Wildman–Crippen LogP) is 2.39. The van der Waals surface area contributed by atoms with Gasteiger partial charge >= 0.3 is 12.0 Å². The van der Waals surface area contributed by atoms with Crippen molar-refractivity contribution in [2.75, 3.05) is 0 Å². The molecule has 0 aromatic heterocycles. The van der Waals surface area contributed by atoms with Crippen LogP contribution in [0.5, 0.6) is 0 Å². The van der Waals surface area contributed by atoms with E-state index in [1.807, 2.05) is 12.1 Å². The molecular weight excluding hydrogens is 280 g/mol. The predicted molar refractivity (Wildman–Crippen MR) is 75.6 cm³/mol. The maximum Gasteiger partial charge on any atom is 0.315 e. The van der Waals surface area contributed by atoms with Gasteiger partial charge in [0.05, 0.1) is 5.92 Å². The normalized spacial score (nSPS) is 21.4. The molecule has 1 aliphatic rings. The summed E-state index contributed by atoms with van der Waals surface area (Å²) in [6.07, 6.45) is 2.16. The van der Waals surface area contributed by atoms with Crippen molar-refractivity contribution in [2.45, 2.75) is 31.8 Å².